The lowest BCUT2D eigenvalue weighted by atomic mass is 10.2. The van der Waals surface area contributed by atoms with Crippen LogP contribution in [0, 0.1) is 10.1 Å². The molecule has 0 unspecified atom stereocenters. The first-order valence-corrected chi connectivity index (χ1v) is 11.7. The summed E-state index contributed by atoms with van der Waals surface area (Å²) in [6.45, 7) is 6.44. The summed E-state index contributed by atoms with van der Waals surface area (Å²) >= 11 is 8.95. The first kappa shape index (κ1) is 23.0. The quantitative estimate of drug-likeness (QED) is 0.180. The van der Waals surface area contributed by atoms with Gasteiger partial charge in [0.05, 0.1) is 21.4 Å². The fourth-order valence-electron chi connectivity index (χ4n) is 2.82. The van der Waals surface area contributed by atoms with E-state index in [4.69, 9.17) is 11.6 Å². The fraction of sp³-hybridized carbons (Fsp3) is 0.250. The number of halogens is 1. The zero-order valence-electron chi connectivity index (χ0n) is 16.7. The predicted octanol–water partition coefficient (Wildman–Crippen LogP) is 5.44. The fourth-order valence-corrected chi connectivity index (χ4v) is 4.70. The number of hydrogen-bond acceptors (Lipinski definition) is 7. The number of allylic oxidation sites excluding steroid dienone is 1. The van der Waals surface area contributed by atoms with Crippen LogP contribution < -0.4 is 5.32 Å². The van der Waals surface area contributed by atoms with Gasteiger partial charge in [-0.3, -0.25) is 19.5 Å². The normalized spacial score (nSPS) is 10.8. The third-order valence-corrected chi connectivity index (χ3v) is 6.50. The first-order valence-electron chi connectivity index (χ1n) is 9.41. The van der Waals surface area contributed by atoms with Crippen molar-refractivity contribution in [2.24, 2.45) is 0 Å². The smallest absolute Gasteiger partial charge is 0.271 e. The Hall–Kier alpha value is -2.69. The molecule has 0 atom stereocenters. The number of nitro benzene ring substituents is 1. The molecule has 0 fully saturated rings. The molecule has 8 nitrogen and oxygen atoms in total. The number of benzene rings is 1. The van der Waals surface area contributed by atoms with Crippen molar-refractivity contribution in [1.29, 1.82) is 0 Å². The maximum absolute atomic E-state index is 12.4. The number of carbonyl (C=O) groups excluding carboxylic acids is 1. The standard InChI is InChI=1S/C20H20ClN5O3S2/c1-3-5-15-9-13(11-30-15)19-23-24-20(25(19)8-4-2)31-12-18(27)22-17-10-14(26(28)29)6-7-16(17)21/h4,6-7,9-11H,2-3,5,8,12H2,1H3,(H,22,27). The Morgan fingerprint density at radius 1 is 1.42 bits per heavy atom. The van der Waals surface area contributed by atoms with E-state index in [1.54, 1.807) is 17.4 Å². The average Bonchev–Trinajstić information content (AvgIpc) is 3.35. The number of non-ortho nitro benzene ring substituents is 1. The Kier molecular flexibility index (Phi) is 7.83. The molecule has 2 aromatic heterocycles. The number of anilines is 1. The second kappa shape index (κ2) is 10.6. The Bertz CT molecular complexity index is 1110. The van der Waals surface area contributed by atoms with Crippen LogP contribution in [0.3, 0.4) is 0 Å². The van der Waals surface area contributed by atoms with Crippen molar-refractivity contribution in [2.75, 3.05) is 11.1 Å². The lowest BCUT2D eigenvalue weighted by Gasteiger charge is -2.08. The Morgan fingerprint density at radius 3 is 2.94 bits per heavy atom. The second-order valence-electron chi connectivity index (χ2n) is 6.52. The number of carbonyl (C=O) groups is 1. The summed E-state index contributed by atoms with van der Waals surface area (Å²) in [5, 5.41) is 25.0. The number of thioether (sulfide) groups is 1. The molecule has 162 valence electrons. The minimum atomic E-state index is -0.545. The van der Waals surface area contributed by atoms with E-state index in [9.17, 15) is 14.9 Å². The van der Waals surface area contributed by atoms with Gasteiger partial charge in [-0.1, -0.05) is 42.8 Å². The largest absolute Gasteiger partial charge is 0.324 e. The van der Waals surface area contributed by atoms with Gasteiger partial charge in [0.1, 0.15) is 0 Å². The third-order valence-electron chi connectivity index (χ3n) is 4.20. The highest BCUT2D eigenvalue weighted by Gasteiger charge is 2.17. The Balaban J connectivity index is 1.72. The van der Waals surface area contributed by atoms with E-state index in [-0.39, 0.29) is 28.1 Å². The van der Waals surface area contributed by atoms with Crippen LogP contribution in [0.15, 0.2) is 47.5 Å². The van der Waals surface area contributed by atoms with Gasteiger partial charge in [0.25, 0.3) is 5.69 Å². The van der Waals surface area contributed by atoms with Crippen LogP contribution in [0.1, 0.15) is 18.2 Å². The third kappa shape index (κ3) is 5.72. The highest BCUT2D eigenvalue weighted by atomic mass is 35.5. The monoisotopic (exact) mass is 477 g/mol. The lowest BCUT2D eigenvalue weighted by molar-refractivity contribution is -0.384. The number of thiophene rings is 1. The SMILES string of the molecule is C=CCn1c(SCC(=O)Nc2cc([N+](=O)[O-])ccc2Cl)nnc1-c1csc(CCC)c1. The van der Waals surface area contributed by atoms with Crippen LogP contribution in [0.5, 0.6) is 0 Å². The summed E-state index contributed by atoms with van der Waals surface area (Å²) in [5.74, 6) is 0.407. The summed E-state index contributed by atoms with van der Waals surface area (Å²) in [6, 6.07) is 6.00. The van der Waals surface area contributed by atoms with Crippen LogP contribution in [0.4, 0.5) is 11.4 Å². The molecule has 11 heteroatoms. The number of nitrogens with one attached hydrogen (secondary N) is 1. The van der Waals surface area contributed by atoms with Gasteiger partial charge in [-0.25, -0.2) is 0 Å². The van der Waals surface area contributed by atoms with E-state index in [1.165, 1.54) is 34.8 Å². The lowest BCUT2D eigenvalue weighted by Crippen LogP contribution is -2.15. The predicted molar refractivity (Wildman–Crippen MR) is 125 cm³/mol. The average molecular weight is 478 g/mol. The number of aromatic nitrogens is 3. The molecule has 31 heavy (non-hydrogen) atoms. The first-order chi connectivity index (χ1) is 14.9. The molecule has 0 saturated carbocycles. The van der Waals surface area contributed by atoms with E-state index in [0.29, 0.717) is 11.7 Å². The van der Waals surface area contributed by atoms with Gasteiger partial charge in [0.2, 0.25) is 5.91 Å². The highest BCUT2D eigenvalue weighted by molar-refractivity contribution is 7.99. The van der Waals surface area contributed by atoms with Crippen molar-refractivity contribution in [3.63, 3.8) is 0 Å². The second-order valence-corrected chi connectivity index (χ2v) is 8.86. The number of aryl methyl sites for hydroxylation is 1. The van der Waals surface area contributed by atoms with Crippen LogP contribution in [0.25, 0.3) is 11.4 Å². The molecule has 2 heterocycles. The van der Waals surface area contributed by atoms with E-state index in [0.717, 1.165) is 24.2 Å². The topological polar surface area (TPSA) is 103 Å². The number of rotatable bonds is 10. The highest BCUT2D eigenvalue weighted by Crippen LogP contribution is 2.30. The van der Waals surface area contributed by atoms with Crippen molar-refractivity contribution in [1.82, 2.24) is 14.8 Å². The van der Waals surface area contributed by atoms with Gasteiger partial charge in [0.15, 0.2) is 11.0 Å². The molecule has 0 aliphatic rings. The maximum atomic E-state index is 12.4. The molecule has 1 aromatic carbocycles. The molecule has 1 amide bonds. The zero-order chi connectivity index (χ0) is 22.4. The van der Waals surface area contributed by atoms with E-state index >= 15 is 0 Å². The Morgan fingerprint density at radius 2 is 2.23 bits per heavy atom. The molecule has 3 aromatic rings. The zero-order valence-corrected chi connectivity index (χ0v) is 19.1. The number of amides is 1. The molecular weight excluding hydrogens is 458 g/mol. The minimum Gasteiger partial charge on any atom is -0.324 e. The van der Waals surface area contributed by atoms with Gasteiger partial charge in [-0.15, -0.1) is 28.1 Å². The van der Waals surface area contributed by atoms with E-state index in [2.05, 4.69) is 40.5 Å². The molecule has 0 radical (unpaired) electrons. The van der Waals surface area contributed by atoms with Gasteiger partial charge >= 0.3 is 0 Å². The van der Waals surface area contributed by atoms with Crippen LogP contribution in [-0.2, 0) is 17.8 Å². The molecule has 1 N–H and O–H groups in total. The number of nitro groups is 1. The Labute approximate surface area is 192 Å². The molecule has 0 aliphatic heterocycles. The molecular formula is C20H20ClN5O3S2. The van der Waals surface area contributed by atoms with Crippen LogP contribution in [-0.4, -0.2) is 31.3 Å². The molecule has 0 spiro atoms. The maximum Gasteiger partial charge on any atom is 0.271 e. The van der Waals surface area contributed by atoms with Crippen LogP contribution in [0.2, 0.25) is 5.02 Å². The van der Waals surface area contributed by atoms with Crippen LogP contribution >= 0.6 is 34.7 Å². The molecule has 0 saturated heterocycles. The van der Waals surface area contributed by atoms with Crippen molar-refractivity contribution in [2.45, 2.75) is 31.5 Å². The number of hydrogen-bond donors (Lipinski definition) is 1. The molecule has 3 rings (SSSR count). The van der Waals surface area contributed by atoms with E-state index in [1.807, 2.05) is 4.57 Å². The van der Waals surface area contributed by atoms with Gasteiger partial charge < -0.3 is 5.32 Å². The summed E-state index contributed by atoms with van der Waals surface area (Å²) in [4.78, 5) is 24.1. The number of nitrogens with zero attached hydrogens (tertiary/aromatic N) is 4. The molecule has 0 bridgehead atoms. The molecule has 0 aliphatic carbocycles. The summed E-state index contributed by atoms with van der Waals surface area (Å²) in [6.07, 6.45) is 3.84. The minimum absolute atomic E-state index is 0.0407. The van der Waals surface area contributed by atoms with Gasteiger partial charge in [-0.05, 0) is 18.6 Å². The summed E-state index contributed by atoms with van der Waals surface area (Å²) in [7, 11) is 0. The van der Waals surface area contributed by atoms with Gasteiger partial charge in [-0.2, -0.15) is 0 Å². The van der Waals surface area contributed by atoms with Crippen molar-refractivity contribution >= 4 is 52.0 Å². The summed E-state index contributed by atoms with van der Waals surface area (Å²) < 4.78 is 1.91. The summed E-state index contributed by atoms with van der Waals surface area (Å²) in [5.41, 5.74) is 1.03. The van der Waals surface area contributed by atoms with Crippen molar-refractivity contribution < 1.29 is 9.72 Å². The van der Waals surface area contributed by atoms with E-state index < -0.39 is 4.92 Å². The van der Waals surface area contributed by atoms with Crippen molar-refractivity contribution in [3.05, 3.63) is 62.3 Å². The van der Waals surface area contributed by atoms with Crippen molar-refractivity contribution in [3.8, 4) is 11.4 Å². The van der Waals surface area contributed by atoms with Gasteiger partial charge in [0, 0.05) is 34.5 Å².